The van der Waals surface area contributed by atoms with E-state index in [1.54, 1.807) is 0 Å². The minimum Gasteiger partial charge on any atom is -0.339 e. The zero-order valence-corrected chi connectivity index (χ0v) is 10.8. The Morgan fingerprint density at radius 2 is 2.11 bits per heavy atom. The molecule has 0 fully saturated rings. The van der Waals surface area contributed by atoms with Gasteiger partial charge in [-0.2, -0.15) is 0 Å². The Bertz CT molecular complexity index is 724. The first-order valence-corrected chi connectivity index (χ1v) is 6.36. The maximum atomic E-state index is 11.1. The van der Waals surface area contributed by atoms with Gasteiger partial charge in [0.15, 0.2) is 6.29 Å². The number of carbonyl (C=O) groups is 1. The van der Waals surface area contributed by atoms with Crippen molar-refractivity contribution in [2.75, 3.05) is 0 Å². The van der Waals surface area contributed by atoms with Gasteiger partial charge in [-0.25, -0.2) is 4.98 Å². The molecule has 19 heavy (non-hydrogen) atoms. The van der Waals surface area contributed by atoms with Crippen molar-refractivity contribution < 1.29 is 4.79 Å². The molecule has 0 spiro atoms. The Morgan fingerprint density at radius 1 is 1.26 bits per heavy atom. The molecule has 0 N–H and O–H groups in total. The van der Waals surface area contributed by atoms with Crippen molar-refractivity contribution in [1.82, 2.24) is 14.1 Å². The first kappa shape index (κ1) is 11.7. The van der Waals surface area contributed by atoms with Crippen molar-refractivity contribution in [3.05, 3.63) is 54.2 Å². The molecular formula is C15H15N3O. The third-order valence-electron chi connectivity index (χ3n) is 3.40. The largest absolute Gasteiger partial charge is 0.339 e. The van der Waals surface area contributed by atoms with Crippen LogP contribution in [0.15, 0.2) is 42.9 Å². The minimum atomic E-state index is 0.676. The Kier molecular flexibility index (Phi) is 2.91. The molecule has 0 bridgehead atoms. The van der Waals surface area contributed by atoms with Crippen molar-refractivity contribution in [2.24, 2.45) is 0 Å². The minimum absolute atomic E-state index is 0.676. The Morgan fingerprint density at radius 3 is 2.89 bits per heavy atom. The van der Waals surface area contributed by atoms with Gasteiger partial charge in [-0.1, -0.05) is 18.2 Å². The second-order valence-electron chi connectivity index (χ2n) is 4.48. The number of aryl methyl sites for hydroxylation is 1. The summed E-state index contributed by atoms with van der Waals surface area (Å²) in [5.74, 6) is 1.00. The van der Waals surface area contributed by atoms with Gasteiger partial charge in [0.1, 0.15) is 5.82 Å². The molecule has 3 rings (SSSR count). The summed E-state index contributed by atoms with van der Waals surface area (Å²) in [7, 11) is 0. The number of nitrogens with zero attached hydrogens (tertiary/aromatic N) is 3. The molecule has 0 radical (unpaired) electrons. The second kappa shape index (κ2) is 4.72. The monoisotopic (exact) mass is 253 g/mol. The zero-order chi connectivity index (χ0) is 13.2. The van der Waals surface area contributed by atoms with E-state index in [2.05, 4.69) is 21.0 Å². The summed E-state index contributed by atoms with van der Waals surface area (Å²) in [6.07, 6.45) is 6.59. The number of hydrogen-bond donors (Lipinski definition) is 0. The molecule has 0 aliphatic rings. The van der Waals surface area contributed by atoms with E-state index in [1.165, 1.54) is 0 Å². The van der Waals surface area contributed by atoms with Crippen LogP contribution >= 0.6 is 0 Å². The summed E-state index contributed by atoms with van der Waals surface area (Å²) in [6.45, 7) is 3.67. The van der Waals surface area contributed by atoms with Crippen molar-refractivity contribution in [3.63, 3.8) is 0 Å². The average molecular weight is 253 g/mol. The fraction of sp³-hybridized carbons (Fsp3) is 0.200. The number of fused-ring (bicyclic) bond motifs is 1. The van der Waals surface area contributed by atoms with Crippen LogP contribution in [0.4, 0.5) is 0 Å². The van der Waals surface area contributed by atoms with Gasteiger partial charge in [-0.15, -0.1) is 0 Å². The van der Waals surface area contributed by atoms with E-state index in [9.17, 15) is 4.79 Å². The SMILES string of the molecule is CCn1ccnc1Cn1cc(C=O)c2ccccc21. The molecule has 3 aromatic rings. The number of aldehydes is 1. The van der Waals surface area contributed by atoms with Crippen LogP contribution in [0.25, 0.3) is 10.9 Å². The Hall–Kier alpha value is -2.36. The van der Waals surface area contributed by atoms with E-state index < -0.39 is 0 Å². The molecule has 96 valence electrons. The normalized spacial score (nSPS) is 11.0. The van der Waals surface area contributed by atoms with Gasteiger partial charge in [0.05, 0.1) is 6.54 Å². The van der Waals surface area contributed by atoms with E-state index in [0.717, 1.165) is 35.1 Å². The van der Waals surface area contributed by atoms with E-state index in [-0.39, 0.29) is 0 Å². The van der Waals surface area contributed by atoms with E-state index in [0.29, 0.717) is 6.54 Å². The number of para-hydroxylation sites is 1. The third kappa shape index (κ3) is 1.95. The molecule has 0 saturated heterocycles. The quantitative estimate of drug-likeness (QED) is 0.671. The first-order chi connectivity index (χ1) is 9.33. The molecule has 0 unspecified atom stereocenters. The van der Waals surface area contributed by atoms with Crippen LogP contribution in [0.5, 0.6) is 0 Å². The second-order valence-corrected chi connectivity index (χ2v) is 4.48. The van der Waals surface area contributed by atoms with E-state index in [1.807, 2.05) is 42.9 Å². The van der Waals surface area contributed by atoms with Crippen molar-refractivity contribution >= 4 is 17.2 Å². The van der Waals surface area contributed by atoms with Crippen LogP contribution < -0.4 is 0 Å². The number of carbonyl (C=O) groups excluding carboxylic acids is 1. The highest BCUT2D eigenvalue weighted by Crippen LogP contribution is 2.20. The van der Waals surface area contributed by atoms with E-state index in [4.69, 9.17) is 0 Å². The lowest BCUT2D eigenvalue weighted by molar-refractivity contribution is 0.112. The van der Waals surface area contributed by atoms with E-state index >= 15 is 0 Å². The fourth-order valence-electron chi connectivity index (χ4n) is 2.43. The van der Waals surface area contributed by atoms with Gasteiger partial charge in [0.25, 0.3) is 0 Å². The smallest absolute Gasteiger partial charge is 0.152 e. The van der Waals surface area contributed by atoms with Crippen LogP contribution in [0.3, 0.4) is 0 Å². The molecule has 2 aromatic heterocycles. The predicted molar refractivity (Wildman–Crippen MR) is 74.3 cm³/mol. The number of rotatable bonds is 4. The van der Waals surface area contributed by atoms with Crippen molar-refractivity contribution in [1.29, 1.82) is 0 Å². The average Bonchev–Trinajstić information content (AvgIpc) is 3.04. The topological polar surface area (TPSA) is 39.8 Å². The number of imidazole rings is 1. The summed E-state index contributed by atoms with van der Waals surface area (Å²) >= 11 is 0. The summed E-state index contributed by atoms with van der Waals surface area (Å²) in [4.78, 5) is 15.5. The van der Waals surface area contributed by atoms with Gasteiger partial charge < -0.3 is 9.13 Å². The summed E-state index contributed by atoms with van der Waals surface area (Å²) in [5.41, 5.74) is 1.79. The number of aromatic nitrogens is 3. The van der Waals surface area contributed by atoms with Crippen LogP contribution in [-0.2, 0) is 13.1 Å². The number of hydrogen-bond acceptors (Lipinski definition) is 2. The Balaban J connectivity index is 2.08. The highest BCUT2D eigenvalue weighted by Gasteiger charge is 2.09. The summed E-state index contributed by atoms with van der Waals surface area (Å²) in [6, 6.07) is 7.94. The Labute approximate surface area is 111 Å². The highest BCUT2D eigenvalue weighted by molar-refractivity contribution is 5.97. The predicted octanol–water partition coefficient (Wildman–Crippen LogP) is 2.72. The third-order valence-corrected chi connectivity index (χ3v) is 3.40. The molecule has 4 nitrogen and oxygen atoms in total. The molecule has 0 aliphatic carbocycles. The fourth-order valence-corrected chi connectivity index (χ4v) is 2.43. The summed E-state index contributed by atoms with van der Waals surface area (Å²) < 4.78 is 4.18. The maximum Gasteiger partial charge on any atom is 0.152 e. The molecule has 4 heteroatoms. The standard InChI is InChI=1S/C15H15N3O/c1-2-17-8-7-16-15(17)10-18-9-12(11-19)13-5-3-4-6-14(13)18/h3-9,11H,2,10H2,1H3. The molecule has 0 saturated carbocycles. The zero-order valence-electron chi connectivity index (χ0n) is 10.8. The van der Waals surface area contributed by atoms with Gasteiger partial charge in [0, 0.05) is 41.6 Å². The van der Waals surface area contributed by atoms with Crippen molar-refractivity contribution in [3.8, 4) is 0 Å². The number of benzene rings is 1. The van der Waals surface area contributed by atoms with Crippen molar-refractivity contribution in [2.45, 2.75) is 20.0 Å². The lowest BCUT2D eigenvalue weighted by Gasteiger charge is -2.07. The lowest BCUT2D eigenvalue weighted by Crippen LogP contribution is -2.06. The van der Waals surface area contributed by atoms with Gasteiger partial charge in [0.2, 0.25) is 0 Å². The molecule has 2 heterocycles. The van der Waals surface area contributed by atoms with Gasteiger partial charge >= 0.3 is 0 Å². The molecule has 0 amide bonds. The van der Waals surface area contributed by atoms with Gasteiger partial charge in [-0.3, -0.25) is 4.79 Å². The van der Waals surface area contributed by atoms with Crippen LogP contribution in [-0.4, -0.2) is 20.4 Å². The lowest BCUT2D eigenvalue weighted by atomic mass is 10.2. The summed E-state index contributed by atoms with van der Waals surface area (Å²) in [5, 5.41) is 0.993. The highest BCUT2D eigenvalue weighted by atomic mass is 16.1. The van der Waals surface area contributed by atoms with Crippen LogP contribution in [0, 0.1) is 0 Å². The molecule has 0 atom stereocenters. The molecule has 0 aliphatic heterocycles. The maximum absolute atomic E-state index is 11.1. The van der Waals surface area contributed by atoms with Crippen LogP contribution in [0.2, 0.25) is 0 Å². The first-order valence-electron chi connectivity index (χ1n) is 6.36. The van der Waals surface area contributed by atoms with Gasteiger partial charge in [-0.05, 0) is 13.0 Å². The molecular weight excluding hydrogens is 238 g/mol. The molecule has 1 aromatic carbocycles. The van der Waals surface area contributed by atoms with Crippen LogP contribution in [0.1, 0.15) is 23.1 Å².